The van der Waals surface area contributed by atoms with Crippen LogP contribution in [-0.2, 0) is 17.6 Å². The first kappa shape index (κ1) is 25.6. The third-order valence-corrected chi connectivity index (χ3v) is 6.51. The van der Waals surface area contributed by atoms with Gasteiger partial charge in [-0.3, -0.25) is 9.69 Å². The van der Waals surface area contributed by atoms with E-state index < -0.39 is 29.7 Å². The summed E-state index contributed by atoms with van der Waals surface area (Å²) in [4.78, 5) is 13.5. The minimum absolute atomic E-state index is 0.344. The standard InChI is InChI=1S/C28H28F3NO4/c1-35-25-17-22(10-11-24(25)36-18-19-6-3-2-4-7-19)26(32-14-12-20(13-15-32)27(33)34)21-8-5-9-23(16-21)28(29,30)31/h2-11,16-17,20,26H,12-15,18H2,1H3,(H,33,34). The molecule has 1 aliphatic rings. The molecule has 1 N–H and O–H groups in total. The highest BCUT2D eigenvalue weighted by molar-refractivity contribution is 5.70. The van der Waals surface area contributed by atoms with E-state index in [-0.39, 0.29) is 0 Å². The summed E-state index contributed by atoms with van der Waals surface area (Å²) in [7, 11) is 1.52. The fraction of sp³-hybridized carbons (Fsp3) is 0.321. The van der Waals surface area contributed by atoms with Crippen molar-refractivity contribution in [3.63, 3.8) is 0 Å². The van der Waals surface area contributed by atoms with Gasteiger partial charge in [0, 0.05) is 0 Å². The molecule has 5 nitrogen and oxygen atoms in total. The average Bonchev–Trinajstić information content (AvgIpc) is 2.88. The number of aliphatic carboxylic acids is 1. The number of rotatable bonds is 8. The number of hydrogen-bond acceptors (Lipinski definition) is 4. The first-order valence-electron chi connectivity index (χ1n) is 11.7. The number of benzene rings is 3. The van der Waals surface area contributed by atoms with Crippen LogP contribution in [0, 0.1) is 5.92 Å². The fourth-order valence-electron chi connectivity index (χ4n) is 4.61. The van der Waals surface area contributed by atoms with Crippen LogP contribution in [0.3, 0.4) is 0 Å². The van der Waals surface area contributed by atoms with E-state index in [2.05, 4.69) is 0 Å². The number of carboxylic acids is 1. The molecule has 1 aliphatic heterocycles. The van der Waals surface area contributed by atoms with Gasteiger partial charge in [-0.15, -0.1) is 0 Å². The average molecular weight is 500 g/mol. The first-order chi connectivity index (χ1) is 17.3. The zero-order valence-corrected chi connectivity index (χ0v) is 19.9. The SMILES string of the molecule is COc1cc(C(c2cccc(C(F)(F)F)c2)N2CCC(C(=O)O)CC2)ccc1OCc1ccccc1. The van der Waals surface area contributed by atoms with Gasteiger partial charge in [-0.25, -0.2) is 0 Å². The van der Waals surface area contributed by atoms with Gasteiger partial charge in [0.2, 0.25) is 0 Å². The Kier molecular flexibility index (Phi) is 7.84. The van der Waals surface area contributed by atoms with Crippen LogP contribution in [0.4, 0.5) is 13.2 Å². The zero-order chi connectivity index (χ0) is 25.7. The Morgan fingerprint density at radius 2 is 1.67 bits per heavy atom. The maximum atomic E-state index is 13.5. The van der Waals surface area contributed by atoms with Crippen molar-refractivity contribution in [3.05, 3.63) is 95.1 Å². The van der Waals surface area contributed by atoms with Crippen molar-refractivity contribution in [2.24, 2.45) is 5.92 Å². The lowest BCUT2D eigenvalue weighted by molar-refractivity contribution is -0.143. The van der Waals surface area contributed by atoms with E-state index >= 15 is 0 Å². The van der Waals surface area contributed by atoms with Gasteiger partial charge < -0.3 is 14.6 Å². The molecule has 0 saturated carbocycles. The van der Waals surface area contributed by atoms with Gasteiger partial charge in [0.15, 0.2) is 11.5 Å². The van der Waals surface area contributed by atoms with E-state index in [0.717, 1.165) is 17.2 Å². The van der Waals surface area contributed by atoms with Crippen molar-refractivity contribution < 1.29 is 32.5 Å². The molecule has 3 aromatic rings. The molecule has 0 aliphatic carbocycles. The molecule has 1 saturated heterocycles. The van der Waals surface area contributed by atoms with E-state index in [9.17, 15) is 23.1 Å². The molecule has 0 aromatic heterocycles. The van der Waals surface area contributed by atoms with Gasteiger partial charge in [0.1, 0.15) is 6.61 Å². The molecule has 0 amide bonds. The third-order valence-electron chi connectivity index (χ3n) is 6.51. The van der Waals surface area contributed by atoms with Crippen LogP contribution in [-0.4, -0.2) is 36.2 Å². The Bertz CT molecular complexity index is 1170. The van der Waals surface area contributed by atoms with Gasteiger partial charge in [-0.05, 0) is 66.9 Å². The Hall–Kier alpha value is -3.52. The summed E-state index contributed by atoms with van der Waals surface area (Å²) in [6.45, 7) is 1.25. The highest BCUT2D eigenvalue weighted by Gasteiger charge is 2.34. The Morgan fingerprint density at radius 3 is 2.31 bits per heavy atom. The molecule has 8 heteroatoms. The van der Waals surface area contributed by atoms with Crippen molar-refractivity contribution in [2.45, 2.75) is 31.7 Å². The predicted molar refractivity (Wildman–Crippen MR) is 129 cm³/mol. The summed E-state index contributed by atoms with van der Waals surface area (Å²) in [5.74, 6) is -0.295. The number of hydrogen-bond donors (Lipinski definition) is 1. The summed E-state index contributed by atoms with van der Waals surface area (Å²) < 4.78 is 52.0. The second-order valence-electron chi connectivity index (χ2n) is 8.86. The molecule has 0 bridgehead atoms. The predicted octanol–water partition coefficient (Wildman–Crippen LogP) is 6.18. The quantitative estimate of drug-likeness (QED) is 0.401. The number of halogens is 3. The number of carboxylic acid groups (broad SMARTS) is 1. The molecule has 0 spiro atoms. The summed E-state index contributed by atoms with van der Waals surface area (Å²) in [6.07, 6.45) is -3.61. The minimum atomic E-state index is -4.47. The second kappa shape index (κ2) is 11.0. The number of alkyl halides is 3. The third kappa shape index (κ3) is 5.99. The highest BCUT2D eigenvalue weighted by Crippen LogP contribution is 2.39. The second-order valence-corrected chi connectivity index (χ2v) is 8.86. The summed E-state index contributed by atoms with van der Waals surface area (Å²) in [6, 6.07) is 19.9. The number of likely N-dealkylation sites (tertiary alicyclic amines) is 1. The Morgan fingerprint density at radius 1 is 0.972 bits per heavy atom. The lowest BCUT2D eigenvalue weighted by Crippen LogP contribution is -2.39. The van der Waals surface area contributed by atoms with E-state index in [1.165, 1.54) is 19.2 Å². The van der Waals surface area contributed by atoms with Crippen LogP contribution >= 0.6 is 0 Å². The minimum Gasteiger partial charge on any atom is -0.493 e. The maximum absolute atomic E-state index is 13.5. The maximum Gasteiger partial charge on any atom is 0.416 e. The van der Waals surface area contributed by atoms with Crippen LogP contribution in [0.25, 0.3) is 0 Å². The number of ether oxygens (including phenoxy) is 2. The highest BCUT2D eigenvalue weighted by atomic mass is 19.4. The van der Waals surface area contributed by atoms with Crippen molar-refractivity contribution in [1.29, 1.82) is 0 Å². The smallest absolute Gasteiger partial charge is 0.416 e. The molecule has 1 unspecified atom stereocenters. The molecule has 190 valence electrons. The Balaban J connectivity index is 1.66. The summed E-state index contributed by atoms with van der Waals surface area (Å²) in [5.41, 5.74) is 1.50. The normalized spacial score (nSPS) is 15.9. The summed E-state index contributed by atoms with van der Waals surface area (Å²) >= 11 is 0. The fourth-order valence-corrected chi connectivity index (χ4v) is 4.61. The molecule has 0 radical (unpaired) electrons. The van der Waals surface area contributed by atoms with Crippen LogP contribution in [0.15, 0.2) is 72.8 Å². The monoisotopic (exact) mass is 499 g/mol. The topological polar surface area (TPSA) is 59.0 Å². The zero-order valence-electron chi connectivity index (χ0n) is 19.9. The number of methoxy groups -OCH3 is 1. The van der Waals surface area contributed by atoms with Crippen LogP contribution < -0.4 is 9.47 Å². The lowest BCUT2D eigenvalue weighted by Gasteiger charge is -2.37. The van der Waals surface area contributed by atoms with Crippen LogP contribution in [0.5, 0.6) is 11.5 Å². The lowest BCUT2D eigenvalue weighted by atomic mass is 9.90. The van der Waals surface area contributed by atoms with Crippen molar-refractivity contribution in [1.82, 2.24) is 4.90 Å². The largest absolute Gasteiger partial charge is 0.493 e. The molecule has 1 heterocycles. The number of nitrogens with zero attached hydrogens (tertiary/aromatic N) is 1. The van der Waals surface area contributed by atoms with Crippen molar-refractivity contribution >= 4 is 5.97 Å². The molecule has 36 heavy (non-hydrogen) atoms. The van der Waals surface area contributed by atoms with Gasteiger partial charge in [0.25, 0.3) is 0 Å². The molecular formula is C28H28F3NO4. The molecular weight excluding hydrogens is 471 g/mol. The number of carbonyl (C=O) groups is 1. The molecule has 4 rings (SSSR count). The van der Waals surface area contributed by atoms with Gasteiger partial charge >= 0.3 is 12.1 Å². The van der Waals surface area contributed by atoms with E-state index in [1.54, 1.807) is 18.2 Å². The molecule has 1 fully saturated rings. The van der Waals surface area contributed by atoms with E-state index in [4.69, 9.17) is 9.47 Å². The van der Waals surface area contributed by atoms with E-state index in [1.807, 2.05) is 41.3 Å². The van der Waals surface area contributed by atoms with Gasteiger partial charge in [-0.1, -0.05) is 48.5 Å². The number of piperidine rings is 1. The van der Waals surface area contributed by atoms with Crippen molar-refractivity contribution in [2.75, 3.05) is 20.2 Å². The molecule has 1 atom stereocenters. The van der Waals surface area contributed by atoms with Crippen LogP contribution in [0.1, 0.15) is 41.1 Å². The molecule has 3 aromatic carbocycles. The van der Waals surface area contributed by atoms with Crippen molar-refractivity contribution in [3.8, 4) is 11.5 Å². The van der Waals surface area contributed by atoms with Gasteiger partial charge in [-0.2, -0.15) is 13.2 Å². The first-order valence-corrected chi connectivity index (χ1v) is 11.7. The van der Waals surface area contributed by atoms with Gasteiger partial charge in [0.05, 0.1) is 24.6 Å². The van der Waals surface area contributed by atoms with E-state index in [0.29, 0.717) is 49.6 Å². The summed E-state index contributed by atoms with van der Waals surface area (Å²) in [5, 5.41) is 9.38. The Labute approximate surface area is 208 Å². The van der Waals surface area contributed by atoms with Crippen LogP contribution in [0.2, 0.25) is 0 Å².